The molecule has 208 valence electrons. The third kappa shape index (κ3) is 4.13. The van der Waals surface area contributed by atoms with Gasteiger partial charge in [-0.15, -0.1) is 0 Å². The Balaban J connectivity index is 1.26. The maximum Gasteiger partial charge on any atom is 0.238 e. The van der Waals surface area contributed by atoms with Gasteiger partial charge in [-0.1, -0.05) is 23.8 Å². The highest BCUT2D eigenvalue weighted by Gasteiger charge is 2.56. The second-order valence-electron chi connectivity index (χ2n) is 11.1. The average Bonchev–Trinajstić information content (AvgIpc) is 3.25. The van der Waals surface area contributed by atoms with Crippen LogP contribution in [-0.4, -0.2) is 54.8 Å². The molecule has 2 aromatic rings. The van der Waals surface area contributed by atoms with Crippen LogP contribution in [0.4, 0.5) is 11.4 Å². The highest BCUT2D eigenvalue weighted by atomic mass is 79.9. The number of fused-ring (bicyclic) bond motifs is 3. The van der Waals surface area contributed by atoms with Crippen LogP contribution in [0.25, 0.3) is 0 Å². The van der Waals surface area contributed by atoms with Crippen molar-refractivity contribution in [1.82, 2.24) is 0 Å². The molecule has 2 aromatic carbocycles. The number of aromatic hydroxyl groups is 1. The van der Waals surface area contributed by atoms with Gasteiger partial charge in [0.2, 0.25) is 11.8 Å². The van der Waals surface area contributed by atoms with Crippen LogP contribution in [0.1, 0.15) is 24.3 Å². The normalized spacial score (nSPS) is 27.8. The highest BCUT2D eigenvalue weighted by molar-refractivity contribution is 9.12. The van der Waals surface area contributed by atoms with Crippen LogP contribution in [0.3, 0.4) is 0 Å². The van der Waals surface area contributed by atoms with Crippen molar-refractivity contribution in [2.24, 2.45) is 17.8 Å². The molecule has 0 radical (unpaired) electrons. The summed E-state index contributed by atoms with van der Waals surface area (Å²) in [5, 5.41) is 10.3. The number of ether oxygens (including phenoxy) is 1. The zero-order valence-corrected chi connectivity index (χ0v) is 23.7. The van der Waals surface area contributed by atoms with Gasteiger partial charge >= 0.3 is 0 Å². The van der Waals surface area contributed by atoms with Crippen LogP contribution in [0.2, 0.25) is 0 Å². The van der Waals surface area contributed by atoms with Crippen molar-refractivity contribution in [2.45, 2.75) is 18.8 Å². The molecule has 2 saturated heterocycles. The lowest BCUT2D eigenvalue weighted by Gasteiger charge is -2.42. The molecule has 0 bridgehead atoms. The summed E-state index contributed by atoms with van der Waals surface area (Å²) in [6.07, 6.45) is 3.85. The number of halogens is 1. The number of carbonyl (C=O) groups is 4. The standard InChI is InChI=1S/C32H27BrN2O6/c33-25-16-26(37)29-24(30(25)38)15-23-21(27(29)17-2-1-3-20(36)14-17)8-9-22-28(23)32(40)35(31(22)39)19-6-4-18(5-7-19)34-10-12-41-13-11-34/h1-8,14,16,22-23,27-28,36H,9-13,15H2. The van der Waals surface area contributed by atoms with E-state index in [1.165, 1.54) is 11.0 Å². The predicted molar refractivity (Wildman–Crippen MR) is 155 cm³/mol. The summed E-state index contributed by atoms with van der Waals surface area (Å²) in [7, 11) is 0. The van der Waals surface area contributed by atoms with E-state index in [2.05, 4.69) is 20.8 Å². The number of hydrogen-bond acceptors (Lipinski definition) is 7. The van der Waals surface area contributed by atoms with Crippen LogP contribution >= 0.6 is 15.9 Å². The molecule has 2 amide bonds. The molecule has 41 heavy (non-hydrogen) atoms. The Labute approximate surface area is 245 Å². The number of morpholine rings is 1. The number of phenolic OH excluding ortho intramolecular Hbond substituents is 1. The molecule has 0 saturated carbocycles. The molecule has 0 aromatic heterocycles. The first-order chi connectivity index (χ1) is 19.8. The van der Waals surface area contributed by atoms with Crippen molar-refractivity contribution in [1.29, 1.82) is 0 Å². The average molecular weight is 615 g/mol. The zero-order chi connectivity index (χ0) is 28.4. The van der Waals surface area contributed by atoms with E-state index < -0.39 is 23.7 Å². The number of ketones is 2. The molecular weight excluding hydrogens is 588 g/mol. The molecule has 8 nitrogen and oxygen atoms in total. The fourth-order valence-corrected chi connectivity index (χ4v) is 7.63. The Hall–Kier alpha value is -3.82. The van der Waals surface area contributed by atoms with Gasteiger partial charge < -0.3 is 14.7 Å². The minimum Gasteiger partial charge on any atom is -0.508 e. The highest BCUT2D eigenvalue weighted by Crippen LogP contribution is 2.55. The number of Topliss-reactive ketones (excluding diaryl/α,β-unsaturated/α-hetero) is 1. The summed E-state index contributed by atoms with van der Waals surface area (Å²) in [6, 6.07) is 14.2. The van der Waals surface area contributed by atoms with Crippen LogP contribution in [0.15, 0.2) is 81.9 Å². The van der Waals surface area contributed by atoms with Gasteiger partial charge in [-0.05, 0) is 76.7 Å². The number of phenols is 1. The first kappa shape index (κ1) is 26.1. The molecule has 2 aliphatic heterocycles. The largest absolute Gasteiger partial charge is 0.508 e. The van der Waals surface area contributed by atoms with E-state index >= 15 is 0 Å². The summed E-state index contributed by atoms with van der Waals surface area (Å²) in [6.45, 7) is 2.89. The fourth-order valence-electron chi connectivity index (χ4n) is 7.18. The van der Waals surface area contributed by atoms with E-state index in [0.29, 0.717) is 42.0 Å². The SMILES string of the molecule is O=C1C=C(Br)C(=O)C2=C1C(c1cccc(O)c1)C1=CCC3C(=O)N(c4ccc(N5CCOCC5)cc4)C(=O)C3C1C2. The van der Waals surface area contributed by atoms with E-state index in [4.69, 9.17) is 4.74 Å². The third-order valence-electron chi connectivity index (χ3n) is 9.02. The lowest BCUT2D eigenvalue weighted by atomic mass is 9.59. The molecule has 2 heterocycles. The Bertz CT molecular complexity index is 1600. The summed E-state index contributed by atoms with van der Waals surface area (Å²) in [5.41, 5.74) is 3.83. The molecule has 1 N–H and O–H groups in total. The van der Waals surface area contributed by atoms with E-state index in [1.54, 1.807) is 18.2 Å². The van der Waals surface area contributed by atoms with Crippen LogP contribution in [-0.2, 0) is 23.9 Å². The maximum atomic E-state index is 14.1. The maximum absolute atomic E-state index is 14.1. The number of carbonyl (C=O) groups excluding carboxylic acids is 4. The van der Waals surface area contributed by atoms with Gasteiger partial charge in [0.05, 0.1) is 35.2 Å². The number of imide groups is 1. The molecule has 5 aliphatic rings. The van der Waals surface area contributed by atoms with Gasteiger partial charge in [-0.25, -0.2) is 0 Å². The second kappa shape index (κ2) is 9.92. The molecule has 2 fully saturated rings. The fraction of sp³-hybridized carbons (Fsp3) is 0.312. The Morgan fingerprint density at radius 3 is 2.37 bits per heavy atom. The molecule has 4 atom stereocenters. The monoisotopic (exact) mass is 614 g/mol. The minimum atomic E-state index is -0.650. The second-order valence-corrected chi connectivity index (χ2v) is 12.0. The van der Waals surface area contributed by atoms with Crippen molar-refractivity contribution in [3.63, 3.8) is 0 Å². The van der Waals surface area contributed by atoms with E-state index in [-0.39, 0.29) is 40.0 Å². The van der Waals surface area contributed by atoms with Gasteiger partial charge in [0, 0.05) is 41.9 Å². The van der Waals surface area contributed by atoms with Gasteiger partial charge in [-0.2, -0.15) is 0 Å². The summed E-state index contributed by atoms with van der Waals surface area (Å²) in [4.78, 5) is 58.0. The Morgan fingerprint density at radius 1 is 0.902 bits per heavy atom. The topological polar surface area (TPSA) is 104 Å². The molecule has 0 spiro atoms. The predicted octanol–water partition coefficient (Wildman–Crippen LogP) is 4.20. The van der Waals surface area contributed by atoms with E-state index in [0.717, 1.165) is 24.4 Å². The van der Waals surface area contributed by atoms with Gasteiger partial charge in [0.25, 0.3) is 0 Å². The van der Waals surface area contributed by atoms with E-state index in [9.17, 15) is 24.3 Å². The minimum absolute atomic E-state index is 0.0474. The lowest BCUT2D eigenvalue weighted by molar-refractivity contribution is -0.123. The quantitative estimate of drug-likeness (QED) is 0.314. The number of rotatable bonds is 3. The van der Waals surface area contributed by atoms with Crippen LogP contribution in [0, 0.1) is 17.8 Å². The number of amides is 2. The van der Waals surface area contributed by atoms with E-state index in [1.807, 2.05) is 36.4 Å². The first-order valence-electron chi connectivity index (χ1n) is 13.8. The smallest absolute Gasteiger partial charge is 0.238 e. The molecular formula is C32H27BrN2O6. The van der Waals surface area contributed by atoms with Gasteiger partial charge in [-0.3, -0.25) is 24.1 Å². The number of hydrogen-bond donors (Lipinski definition) is 1. The van der Waals surface area contributed by atoms with Crippen molar-refractivity contribution in [2.75, 3.05) is 36.1 Å². The first-order valence-corrected chi connectivity index (χ1v) is 14.6. The zero-order valence-electron chi connectivity index (χ0n) is 22.1. The van der Waals surface area contributed by atoms with Crippen molar-refractivity contribution in [3.8, 4) is 5.75 Å². The van der Waals surface area contributed by atoms with Crippen molar-refractivity contribution in [3.05, 3.63) is 87.4 Å². The van der Waals surface area contributed by atoms with Gasteiger partial charge in [0.15, 0.2) is 11.6 Å². The number of allylic oxidation sites excluding steroid dienone is 6. The molecule has 9 heteroatoms. The third-order valence-corrected chi connectivity index (χ3v) is 9.61. The summed E-state index contributed by atoms with van der Waals surface area (Å²) in [5.74, 6) is -3.23. The molecule has 7 rings (SSSR count). The Kier molecular flexibility index (Phi) is 6.32. The molecule has 3 aliphatic carbocycles. The van der Waals surface area contributed by atoms with Gasteiger partial charge in [0.1, 0.15) is 5.75 Å². The number of benzene rings is 2. The number of nitrogens with zero attached hydrogens (tertiary/aromatic N) is 2. The summed E-state index contributed by atoms with van der Waals surface area (Å²) >= 11 is 3.25. The van der Waals surface area contributed by atoms with Crippen LogP contribution < -0.4 is 9.80 Å². The molecule has 4 unspecified atom stereocenters. The Morgan fingerprint density at radius 2 is 1.63 bits per heavy atom. The lowest BCUT2D eigenvalue weighted by Crippen LogP contribution is -2.39. The van der Waals surface area contributed by atoms with Crippen LogP contribution in [0.5, 0.6) is 5.75 Å². The summed E-state index contributed by atoms with van der Waals surface area (Å²) < 4.78 is 5.63. The van der Waals surface area contributed by atoms with Crippen molar-refractivity contribution >= 4 is 50.7 Å². The van der Waals surface area contributed by atoms with Crippen molar-refractivity contribution < 1.29 is 29.0 Å². The number of anilines is 2.